The Morgan fingerprint density at radius 2 is 2.35 bits per heavy atom. The Kier molecular flexibility index (Phi) is 2.44. The van der Waals surface area contributed by atoms with E-state index in [2.05, 4.69) is 15.5 Å². The van der Waals surface area contributed by atoms with Crippen molar-refractivity contribution in [2.75, 3.05) is 5.73 Å². The van der Waals surface area contributed by atoms with Crippen molar-refractivity contribution in [2.24, 2.45) is 0 Å². The summed E-state index contributed by atoms with van der Waals surface area (Å²) in [7, 11) is 0. The second kappa shape index (κ2) is 3.96. The Bertz CT molecular complexity index is 576. The first-order chi connectivity index (χ1) is 8.25. The highest BCUT2D eigenvalue weighted by atomic mass is 32.1. The van der Waals surface area contributed by atoms with Gasteiger partial charge in [-0.1, -0.05) is 0 Å². The SMILES string of the molecule is Nc1c(C(=O)NC2CCC2)sc2nnccc12. The van der Waals surface area contributed by atoms with Crippen LogP contribution in [0.3, 0.4) is 0 Å². The maximum atomic E-state index is 12.0. The maximum absolute atomic E-state index is 12.0. The van der Waals surface area contributed by atoms with Gasteiger partial charge in [0.15, 0.2) is 0 Å². The molecule has 1 aliphatic carbocycles. The van der Waals surface area contributed by atoms with Crippen LogP contribution in [0.2, 0.25) is 0 Å². The van der Waals surface area contributed by atoms with Crippen molar-refractivity contribution < 1.29 is 4.79 Å². The molecule has 0 aromatic carbocycles. The van der Waals surface area contributed by atoms with E-state index in [0.29, 0.717) is 21.4 Å². The zero-order valence-corrected chi connectivity index (χ0v) is 9.96. The van der Waals surface area contributed by atoms with Gasteiger partial charge in [-0.2, -0.15) is 5.10 Å². The number of carbonyl (C=O) groups is 1. The summed E-state index contributed by atoms with van der Waals surface area (Å²) in [5.74, 6) is -0.0878. The molecule has 17 heavy (non-hydrogen) atoms. The van der Waals surface area contributed by atoms with Crippen molar-refractivity contribution in [1.29, 1.82) is 0 Å². The lowest BCUT2D eigenvalue weighted by Crippen LogP contribution is -2.39. The fourth-order valence-corrected chi connectivity index (χ4v) is 2.79. The highest BCUT2D eigenvalue weighted by molar-refractivity contribution is 7.21. The van der Waals surface area contributed by atoms with Crippen molar-refractivity contribution >= 4 is 33.1 Å². The monoisotopic (exact) mass is 248 g/mol. The number of rotatable bonds is 2. The molecule has 1 aliphatic rings. The summed E-state index contributed by atoms with van der Waals surface area (Å²) in [6, 6.07) is 2.10. The zero-order valence-electron chi connectivity index (χ0n) is 9.14. The van der Waals surface area contributed by atoms with E-state index in [4.69, 9.17) is 5.73 Å². The predicted molar refractivity (Wildman–Crippen MR) is 66.9 cm³/mol. The van der Waals surface area contributed by atoms with Crippen molar-refractivity contribution in [1.82, 2.24) is 15.5 Å². The maximum Gasteiger partial charge on any atom is 0.263 e. The van der Waals surface area contributed by atoms with Gasteiger partial charge in [-0.3, -0.25) is 4.79 Å². The van der Waals surface area contributed by atoms with E-state index in [9.17, 15) is 4.79 Å². The Morgan fingerprint density at radius 1 is 1.53 bits per heavy atom. The third-order valence-corrected chi connectivity index (χ3v) is 4.17. The van der Waals surface area contributed by atoms with Crippen LogP contribution in [0.1, 0.15) is 28.9 Å². The molecule has 3 rings (SSSR count). The molecule has 1 saturated carbocycles. The Hall–Kier alpha value is -1.69. The Morgan fingerprint density at radius 3 is 3.00 bits per heavy atom. The summed E-state index contributed by atoms with van der Waals surface area (Å²) in [4.78, 5) is 13.3. The number of nitrogens with two attached hydrogens (primary N) is 1. The van der Waals surface area contributed by atoms with Gasteiger partial charge in [-0.05, 0) is 25.3 Å². The minimum absolute atomic E-state index is 0.0878. The molecule has 88 valence electrons. The van der Waals surface area contributed by atoms with Crippen LogP contribution in [-0.4, -0.2) is 22.1 Å². The zero-order chi connectivity index (χ0) is 11.8. The number of thiophene rings is 1. The van der Waals surface area contributed by atoms with E-state index >= 15 is 0 Å². The van der Waals surface area contributed by atoms with Gasteiger partial charge >= 0.3 is 0 Å². The number of nitrogens with zero attached hydrogens (tertiary/aromatic N) is 2. The van der Waals surface area contributed by atoms with Gasteiger partial charge in [-0.15, -0.1) is 16.4 Å². The number of hydrogen-bond donors (Lipinski definition) is 2. The summed E-state index contributed by atoms with van der Waals surface area (Å²) in [5.41, 5.74) is 6.47. The number of amides is 1. The molecule has 3 N–H and O–H groups in total. The van der Waals surface area contributed by atoms with Crippen molar-refractivity contribution in [3.8, 4) is 0 Å². The van der Waals surface area contributed by atoms with Crippen LogP contribution >= 0.6 is 11.3 Å². The topological polar surface area (TPSA) is 80.9 Å². The summed E-state index contributed by atoms with van der Waals surface area (Å²) >= 11 is 1.30. The second-order valence-electron chi connectivity index (χ2n) is 4.20. The van der Waals surface area contributed by atoms with Gasteiger partial charge in [0.25, 0.3) is 5.91 Å². The number of aromatic nitrogens is 2. The first kappa shape index (κ1) is 10.5. The molecular weight excluding hydrogens is 236 g/mol. The number of hydrogen-bond acceptors (Lipinski definition) is 5. The fraction of sp³-hybridized carbons (Fsp3) is 0.364. The van der Waals surface area contributed by atoms with E-state index in [-0.39, 0.29) is 5.91 Å². The van der Waals surface area contributed by atoms with E-state index in [0.717, 1.165) is 18.2 Å². The average molecular weight is 248 g/mol. The standard InChI is InChI=1S/C11H12N4OS/c12-8-7-4-5-13-15-11(7)17-9(8)10(16)14-6-2-1-3-6/h4-6H,1-3,12H2,(H,14,16). The van der Waals surface area contributed by atoms with Gasteiger partial charge in [0, 0.05) is 11.4 Å². The quantitative estimate of drug-likeness (QED) is 0.845. The van der Waals surface area contributed by atoms with Crippen molar-refractivity contribution in [3.05, 3.63) is 17.1 Å². The molecule has 0 saturated heterocycles. The van der Waals surface area contributed by atoms with Crippen LogP contribution in [0.15, 0.2) is 12.3 Å². The molecule has 0 aliphatic heterocycles. The molecule has 2 heterocycles. The van der Waals surface area contributed by atoms with Crippen LogP contribution < -0.4 is 11.1 Å². The first-order valence-electron chi connectivity index (χ1n) is 5.56. The Labute approximate surface area is 102 Å². The molecule has 2 aromatic heterocycles. The van der Waals surface area contributed by atoms with Crippen LogP contribution in [0.4, 0.5) is 5.69 Å². The lowest BCUT2D eigenvalue weighted by atomic mass is 9.93. The van der Waals surface area contributed by atoms with Gasteiger partial charge in [0.05, 0.1) is 11.9 Å². The first-order valence-corrected chi connectivity index (χ1v) is 6.38. The number of nitrogen functional groups attached to an aromatic ring is 1. The number of fused-ring (bicyclic) bond motifs is 1. The van der Waals surface area contributed by atoms with Crippen LogP contribution in [0, 0.1) is 0 Å². The normalized spacial score (nSPS) is 15.8. The summed E-state index contributed by atoms with van der Waals surface area (Å²) in [6.45, 7) is 0. The van der Waals surface area contributed by atoms with Gasteiger partial charge in [0.2, 0.25) is 0 Å². The largest absolute Gasteiger partial charge is 0.397 e. The van der Waals surface area contributed by atoms with Crippen LogP contribution in [-0.2, 0) is 0 Å². The molecule has 6 heteroatoms. The molecule has 1 amide bonds. The van der Waals surface area contributed by atoms with E-state index in [1.165, 1.54) is 17.8 Å². The predicted octanol–water partition coefficient (Wildman–Crippen LogP) is 1.56. The number of nitrogens with one attached hydrogen (secondary N) is 1. The summed E-state index contributed by atoms with van der Waals surface area (Å²) in [6.07, 6.45) is 4.91. The molecule has 0 radical (unpaired) electrons. The van der Waals surface area contributed by atoms with Crippen LogP contribution in [0.25, 0.3) is 10.2 Å². The minimum atomic E-state index is -0.0878. The lowest BCUT2D eigenvalue weighted by Gasteiger charge is -2.26. The number of carbonyl (C=O) groups excluding carboxylic acids is 1. The Balaban J connectivity index is 1.93. The molecule has 1 fully saturated rings. The second-order valence-corrected chi connectivity index (χ2v) is 5.20. The third-order valence-electron chi connectivity index (χ3n) is 3.07. The molecule has 0 spiro atoms. The average Bonchev–Trinajstić information content (AvgIpc) is 2.62. The van der Waals surface area contributed by atoms with Crippen molar-refractivity contribution in [3.63, 3.8) is 0 Å². The minimum Gasteiger partial charge on any atom is -0.397 e. The fourth-order valence-electron chi connectivity index (χ4n) is 1.85. The number of anilines is 1. The molecule has 5 nitrogen and oxygen atoms in total. The lowest BCUT2D eigenvalue weighted by molar-refractivity contribution is 0.0922. The third kappa shape index (κ3) is 1.74. The van der Waals surface area contributed by atoms with Crippen molar-refractivity contribution in [2.45, 2.75) is 25.3 Å². The molecule has 0 unspecified atom stereocenters. The highest BCUT2D eigenvalue weighted by Gasteiger charge is 2.23. The highest BCUT2D eigenvalue weighted by Crippen LogP contribution is 2.31. The molecular formula is C11H12N4OS. The molecule has 0 atom stereocenters. The van der Waals surface area contributed by atoms with Crippen LogP contribution in [0.5, 0.6) is 0 Å². The smallest absolute Gasteiger partial charge is 0.263 e. The van der Waals surface area contributed by atoms with Gasteiger partial charge < -0.3 is 11.1 Å². The molecule has 0 bridgehead atoms. The van der Waals surface area contributed by atoms with E-state index in [1.807, 2.05) is 0 Å². The van der Waals surface area contributed by atoms with E-state index in [1.54, 1.807) is 12.3 Å². The molecule has 2 aromatic rings. The van der Waals surface area contributed by atoms with Gasteiger partial charge in [-0.25, -0.2) is 0 Å². The van der Waals surface area contributed by atoms with E-state index < -0.39 is 0 Å². The van der Waals surface area contributed by atoms with Gasteiger partial charge in [0.1, 0.15) is 9.71 Å². The summed E-state index contributed by atoms with van der Waals surface area (Å²) < 4.78 is 0. The summed E-state index contributed by atoms with van der Waals surface area (Å²) in [5, 5.41) is 11.5.